The number of nitrogens with zero attached hydrogens (tertiary/aromatic N) is 1. The maximum Gasteiger partial charge on any atom is 0.385 e. The van der Waals surface area contributed by atoms with E-state index < -0.39 is 7.60 Å². The average molecular weight is 489 g/mol. The minimum absolute atomic E-state index is 0.347. The van der Waals surface area contributed by atoms with Crippen molar-refractivity contribution in [3.63, 3.8) is 0 Å². The zero-order valence-electron chi connectivity index (χ0n) is 23.0. The lowest BCUT2D eigenvalue weighted by Gasteiger charge is -2.35. The van der Waals surface area contributed by atoms with Gasteiger partial charge in [0.1, 0.15) is 0 Å². The average Bonchev–Trinajstić information content (AvgIpc) is 2.74. The van der Waals surface area contributed by atoms with Gasteiger partial charge in [-0.25, -0.2) is 0 Å². The van der Waals surface area contributed by atoms with Crippen LogP contribution in [-0.4, -0.2) is 42.9 Å². The van der Waals surface area contributed by atoms with Gasteiger partial charge in [0.2, 0.25) is 0 Å². The second kappa shape index (κ2) is 21.2. The predicted octanol–water partition coefficient (Wildman–Crippen LogP) is 9.23. The highest BCUT2D eigenvalue weighted by atomic mass is 31.2. The molecule has 2 unspecified atom stereocenters. The Morgan fingerprint density at radius 2 is 1.09 bits per heavy atom. The molecule has 0 amide bonds. The molecular formula is C28H59NO3P+. The number of quaternary nitrogens is 1. The topological polar surface area (TPSA) is 46.5 Å². The van der Waals surface area contributed by atoms with Crippen molar-refractivity contribution < 1.29 is 18.5 Å². The Bertz CT molecular complexity index is 502. The van der Waals surface area contributed by atoms with Crippen molar-refractivity contribution in [2.75, 3.05) is 27.7 Å². The van der Waals surface area contributed by atoms with E-state index in [4.69, 9.17) is 4.52 Å². The van der Waals surface area contributed by atoms with Gasteiger partial charge in [-0.1, -0.05) is 116 Å². The monoisotopic (exact) mass is 488 g/mol. The summed E-state index contributed by atoms with van der Waals surface area (Å²) >= 11 is 0. The zero-order valence-corrected chi connectivity index (χ0v) is 23.9. The number of rotatable bonds is 24. The fraction of sp³-hybridized carbons (Fsp3) is 0.929. The lowest BCUT2D eigenvalue weighted by molar-refractivity contribution is -0.883. The van der Waals surface area contributed by atoms with Gasteiger partial charge in [-0.3, -0.25) is 4.57 Å². The molecular weight excluding hydrogens is 429 g/mol. The Labute approximate surface area is 207 Å². The highest BCUT2D eigenvalue weighted by Gasteiger charge is 2.41. The van der Waals surface area contributed by atoms with Crippen LogP contribution in [0.3, 0.4) is 0 Å². The molecule has 0 spiro atoms. The Morgan fingerprint density at radius 1 is 0.697 bits per heavy atom. The first-order chi connectivity index (χ1) is 15.8. The number of hydrogen-bond acceptors (Lipinski definition) is 2. The molecule has 0 heterocycles. The molecule has 0 aliphatic carbocycles. The van der Waals surface area contributed by atoms with Crippen LogP contribution in [0.5, 0.6) is 0 Å². The van der Waals surface area contributed by atoms with Gasteiger partial charge in [-0.2, -0.15) is 0 Å². The van der Waals surface area contributed by atoms with Crippen LogP contribution in [0.15, 0.2) is 12.2 Å². The summed E-state index contributed by atoms with van der Waals surface area (Å²) in [6.45, 7) is 4.56. The maximum absolute atomic E-state index is 12.5. The minimum Gasteiger partial charge on any atom is -0.320 e. The van der Waals surface area contributed by atoms with Crippen molar-refractivity contribution in [1.82, 2.24) is 0 Å². The fourth-order valence-corrected chi connectivity index (χ4v) is 6.52. The van der Waals surface area contributed by atoms with E-state index in [-0.39, 0.29) is 5.78 Å². The van der Waals surface area contributed by atoms with Crippen molar-refractivity contribution in [1.29, 1.82) is 0 Å². The lowest BCUT2D eigenvalue weighted by atomic mass is 10.0. The molecule has 5 heteroatoms. The SMILES string of the molecule is CC/C=C\CCCCCCCCCCCCCCCCCCOP(=O)(O)C(CC)[N+](C)(C)C. The van der Waals surface area contributed by atoms with E-state index in [1.54, 1.807) is 0 Å². The van der Waals surface area contributed by atoms with E-state index in [9.17, 15) is 9.46 Å². The molecule has 33 heavy (non-hydrogen) atoms. The Balaban J connectivity index is 3.38. The highest BCUT2D eigenvalue weighted by Crippen LogP contribution is 2.51. The number of allylic oxidation sites excluding steroid dienone is 2. The van der Waals surface area contributed by atoms with Crippen LogP contribution < -0.4 is 0 Å². The lowest BCUT2D eigenvalue weighted by Crippen LogP contribution is -2.44. The van der Waals surface area contributed by atoms with Gasteiger partial charge in [-0.05, 0) is 25.7 Å². The second-order valence-electron chi connectivity index (χ2n) is 10.7. The molecule has 0 aromatic rings. The summed E-state index contributed by atoms with van der Waals surface area (Å²) in [5.74, 6) is -0.347. The molecule has 0 aliphatic heterocycles. The van der Waals surface area contributed by atoms with Crippen molar-refractivity contribution in [2.45, 2.75) is 142 Å². The Kier molecular flexibility index (Phi) is 21.1. The van der Waals surface area contributed by atoms with E-state index in [1.165, 1.54) is 103 Å². The molecule has 0 bridgehead atoms. The Morgan fingerprint density at radius 3 is 1.45 bits per heavy atom. The molecule has 2 atom stereocenters. The summed E-state index contributed by atoms with van der Waals surface area (Å²) in [5.41, 5.74) is 0. The third-order valence-corrected chi connectivity index (χ3v) is 8.94. The summed E-state index contributed by atoms with van der Waals surface area (Å²) < 4.78 is 18.4. The summed E-state index contributed by atoms with van der Waals surface area (Å²) in [4.78, 5) is 10.3. The van der Waals surface area contributed by atoms with Crippen molar-refractivity contribution in [3.8, 4) is 0 Å². The van der Waals surface area contributed by atoms with E-state index >= 15 is 0 Å². The highest BCUT2D eigenvalue weighted by molar-refractivity contribution is 7.53. The molecule has 0 saturated heterocycles. The standard InChI is InChI=1S/C28H58NO3P/c1-6-8-9-10-11-12-13-14-15-16-17-18-19-20-21-22-23-24-25-26-27-32-33(30,31)28(7-2)29(3,4)5/h8-9,28H,6-7,10-27H2,1-5H3/p+1/b9-8-. The third-order valence-electron chi connectivity index (χ3n) is 6.58. The van der Waals surface area contributed by atoms with Crippen molar-refractivity contribution in [2.24, 2.45) is 0 Å². The zero-order chi connectivity index (χ0) is 24.8. The summed E-state index contributed by atoms with van der Waals surface area (Å²) in [6.07, 6.45) is 28.9. The molecule has 0 radical (unpaired) electrons. The van der Waals surface area contributed by atoms with Crippen LogP contribution >= 0.6 is 7.60 Å². The fourth-order valence-electron chi connectivity index (χ4n) is 4.62. The third kappa shape index (κ3) is 19.8. The van der Waals surface area contributed by atoms with E-state index in [2.05, 4.69) is 19.1 Å². The summed E-state index contributed by atoms with van der Waals surface area (Å²) in [6, 6.07) is 0. The first-order valence-electron chi connectivity index (χ1n) is 14.2. The summed E-state index contributed by atoms with van der Waals surface area (Å²) in [5, 5.41) is 0. The first-order valence-corrected chi connectivity index (χ1v) is 15.8. The van der Waals surface area contributed by atoms with E-state index in [0.717, 1.165) is 12.8 Å². The van der Waals surface area contributed by atoms with Crippen LogP contribution in [0.2, 0.25) is 0 Å². The molecule has 198 valence electrons. The number of unbranched alkanes of at least 4 members (excludes halogenated alkanes) is 16. The van der Waals surface area contributed by atoms with Crippen molar-refractivity contribution >= 4 is 7.60 Å². The summed E-state index contributed by atoms with van der Waals surface area (Å²) in [7, 11) is 2.32. The maximum atomic E-state index is 12.5. The molecule has 4 nitrogen and oxygen atoms in total. The van der Waals surface area contributed by atoms with Gasteiger partial charge in [0.05, 0.1) is 27.7 Å². The molecule has 0 aliphatic rings. The van der Waals surface area contributed by atoms with Gasteiger partial charge >= 0.3 is 7.60 Å². The minimum atomic E-state index is -3.55. The quantitative estimate of drug-likeness (QED) is 0.0637. The first kappa shape index (κ1) is 32.8. The van der Waals surface area contributed by atoms with Crippen molar-refractivity contribution in [3.05, 3.63) is 12.2 Å². The van der Waals surface area contributed by atoms with Gasteiger partial charge in [0.25, 0.3) is 0 Å². The van der Waals surface area contributed by atoms with Gasteiger partial charge in [0.15, 0.2) is 5.78 Å². The van der Waals surface area contributed by atoms with Gasteiger partial charge in [-0.15, -0.1) is 0 Å². The Hall–Kier alpha value is -0.150. The predicted molar refractivity (Wildman–Crippen MR) is 146 cm³/mol. The van der Waals surface area contributed by atoms with Crippen LogP contribution in [-0.2, 0) is 9.09 Å². The van der Waals surface area contributed by atoms with Gasteiger partial charge in [0, 0.05) is 6.42 Å². The molecule has 1 N–H and O–H groups in total. The second-order valence-corrected chi connectivity index (χ2v) is 12.7. The van der Waals surface area contributed by atoms with Crippen LogP contribution in [0.1, 0.15) is 136 Å². The largest absolute Gasteiger partial charge is 0.385 e. The molecule has 0 fully saturated rings. The van der Waals surface area contributed by atoms with Crippen LogP contribution in [0, 0.1) is 0 Å². The molecule has 0 aromatic carbocycles. The van der Waals surface area contributed by atoms with Gasteiger partial charge < -0.3 is 13.9 Å². The molecule has 0 aromatic heterocycles. The van der Waals surface area contributed by atoms with Crippen LogP contribution in [0.25, 0.3) is 0 Å². The number of hydrogen-bond donors (Lipinski definition) is 1. The normalized spacial score (nSPS) is 15.2. The van der Waals surface area contributed by atoms with E-state index in [0.29, 0.717) is 17.5 Å². The van der Waals surface area contributed by atoms with Crippen LogP contribution in [0.4, 0.5) is 0 Å². The molecule has 0 rings (SSSR count). The van der Waals surface area contributed by atoms with E-state index in [1.807, 2.05) is 28.1 Å². The molecule has 0 saturated carbocycles. The smallest absolute Gasteiger partial charge is 0.320 e.